The van der Waals surface area contributed by atoms with Crippen LogP contribution in [0.3, 0.4) is 0 Å². The molecule has 0 aromatic heterocycles. The van der Waals surface area contributed by atoms with Crippen LogP contribution in [0.15, 0.2) is 27.1 Å². The van der Waals surface area contributed by atoms with Gasteiger partial charge in [0.05, 0.1) is 8.80 Å². The molecule has 0 nitrogen and oxygen atoms in total. The zero-order chi connectivity index (χ0) is 8.43. The van der Waals surface area contributed by atoms with Gasteiger partial charge in [0.25, 0.3) is 0 Å². The van der Waals surface area contributed by atoms with Crippen molar-refractivity contribution in [2.75, 3.05) is 0 Å². The van der Waals surface area contributed by atoms with E-state index in [2.05, 4.69) is 63.2 Å². The van der Waals surface area contributed by atoms with Crippen molar-refractivity contribution in [1.82, 2.24) is 0 Å². The van der Waals surface area contributed by atoms with Gasteiger partial charge in [0.15, 0.2) is 0 Å². The van der Waals surface area contributed by atoms with Crippen molar-refractivity contribution in [3.8, 4) is 0 Å². The Kier molecular flexibility index (Phi) is 3.34. The van der Waals surface area contributed by atoms with Crippen LogP contribution in [-0.2, 0) is 0 Å². The fourth-order valence-corrected chi connectivity index (χ4v) is 3.90. The maximum atomic E-state index is 3.56. The molecule has 0 N–H and O–H groups in total. The lowest BCUT2D eigenvalue weighted by Crippen LogP contribution is -2.23. The van der Waals surface area contributed by atoms with Gasteiger partial charge in [-0.05, 0) is 43.1 Å². The minimum Gasteiger partial charge on any atom is -0.0670 e. The summed E-state index contributed by atoms with van der Waals surface area (Å²) in [4.78, 5) is 0. The highest BCUT2D eigenvalue weighted by Crippen LogP contribution is 2.20. The van der Waals surface area contributed by atoms with Crippen LogP contribution in [0.4, 0.5) is 0 Å². The zero-order valence-corrected chi connectivity index (χ0v) is 10.7. The highest BCUT2D eigenvalue weighted by Gasteiger charge is 2.06. The van der Waals surface area contributed by atoms with Gasteiger partial charge in [-0.2, -0.15) is 0 Å². The fraction of sp³-hybridized carbons (Fsp3) is 0.250. The summed E-state index contributed by atoms with van der Waals surface area (Å²) in [5.74, 6) is 0. The summed E-state index contributed by atoms with van der Waals surface area (Å²) in [6, 6.07) is 6.32. The van der Waals surface area contributed by atoms with Crippen LogP contribution in [-0.4, -0.2) is 8.80 Å². The van der Waals surface area contributed by atoms with Gasteiger partial charge in [-0.1, -0.05) is 25.2 Å². The van der Waals surface area contributed by atoms with E-state index in [0.717, 1.165) is 4.47 Å². The summed E-state index contributed by atoms with van der Waals surface area (Å²) < 4.78 is 2.38. The first-order valence-corrected chi connectivity index (χ1v) is 7.46. The minimum atomic E-state index is -0.341. The highest BCUT2D eigenvalue weighted by molar-refractivity contribution is 9.13. The van der Waals surface area contributed by atoms with Crippen LogP contribution in [0.2, 0.25) is 13.1 Å². The van der Waals surface area contributed by atoms with E-state index in [4.69, 9.17) is 0 Å². The molecule has 0 unspecified atom stereocenters. The molecule has 1 aromatic rings. The molecule has 0 saturated heterocycles. The molecule has 0 atom stereocenters. The molecule has 1 radical (unpaired) electrons. The summed E-state index contributed by atoms with van der Waals surface area (Å²) in [7, 11) is -0.341. The van der Waals surface area contributed by atoms with Crippen molar-refractivity contribution in [1.29, 1.82) is 0 Å². The average Bonchev–Trinajstić information content (AvgIpc) is 1.94. The second-order valence-corrected chi connectivity index (χ2v) is 6.79. The Labute approximate surface area is 85.9 Å². The number of rotatable bonds is 1. The molecule has 0 amide bonds. The molecule has 0 aliphatic carbocycles. The first-order chi connectivity index (χ1) is 5.13. The van der Waals surface area contributed by atoms with Crippen molar-refractivity contribution in [2.24, 2.45) is 0 Å². The average molecular weight is 293 g/mol. The maximum absolute atomic E-state index is 3.56. The van der Waals surface area contributed by atoms with Gasteiger partial charge >= 0.3 is 0 Å². The second kappa shape index (κ2) is 3.87. The van der Waals surface area contributed by atoms with Crippen molar-refractivity contribution in [3.63, 3.8) is 0 Å². The van der Waals surface area contributed by atoms with Gasteiger partial charge in [-0.3, -0.25) is 0 Å². The maximum Gasteiger partial charge on any atom is 0.0807 e. The standard InChI is InChI=1S/C8H9Br2Si/c1-11(2)7-5-3-4-6(9)8(7)10/h3-5H,1-2H3. The van der Waals surface area contributed by atoms with Gasteiger partial charge < -0.3 is 0 Å². The van der Waals surface area contributed by atoms with E-state index in [1.54, 1.807) is 0 Å². The fourth-order valence-electron chi connectivity index (χ4n) is 0.890. The molecule has 0 bridgehead atoms. The molecular formula is C8H9Br2Si. The summed E-state index contributed by atoms with van der Waals surface area (Å²) in [5.41, 5.74) is 0. The Hall–Kier alpha value is 0.397. The lowest BCUT2D eigenvalue weighted by atomic mass is 10.4. The molecule has 0 aliphatic heterocycles. The smallest absolute Gasteiger partial charge is 0.0670 e. The molecule has 11 heavy (non-hydrogen) atoms. The normalized spacial score (nSPS) is 10.6. The third-order valence-electron chi connectivity index (χ3n) is 1.49. The van der Waals surface area contributed by atoms with E-state index in [9.17, 15) is 0 Å². The van der Waals surface area contributed by atoms with Gasteiger partial charge in [0, 0.05) is 8.95 Å². The highest BCUT2D eigenvalue weighted by atomic mass is 79.9. The van der Waals surface area contributed by atoms with Crippen molar-refractivity contribution >= 4 is 45.8 Å². The third-order valence-corrected chi connectivity index (χ3v) is 5.40. The molecule has 3 heteroatoms. The van der Waals surface area contributed by atoms with Crippen LogP contribution in [0.1, 0.15) is 0 Å². The topological polar surface area (TPSA) is 0 Å². The van der Waals surface area contributed by atoms with E-state index in [-0.39, 0.29) is 8.80 Å². The van der Waals surface area contributed by atoms with Gasteiger partial charge in [0.1, 0.15) is 0 Å². The minimum absolute atomic E-state index is 0.341. The molecule has 0 fully saturated rings. The first-order valence-electron chi connectivity index (χ1n) is 3.37. The third kappa shape index (κ3) is 2.17. The SMILES string of the molecule is C[Si](C)c1cccc(Br)c1Br. The number of hydrogen-bond donors (Lipinski definition) is 0. The number of benzene rings is 1. The first kappa shape index (κ1) is 9.48. The van der Waals surface area contributed by atoms with E-state index < -0.39 is 0 Å². The summed E-state index contributed by atoms with van der Waals surface area (Å²) in [6.45, 7) is 4.58. The molecule has 59 valence electrons. The molecule has 0 aliphatic rings. The lowest BCUT2D eigenvalue weighted by Gasteiger charge is -2.07. The van der Waals surface area contributed by atoms with Gasteiger partial charge in [-0.15, -0.1) is 0 Å². The van der Waals surface area contributed by atoms with Crippen molar-refractivity contribution < 1.29 is 0 Å². The Balaban J connectivity index is 3.17. The number of halogens is 2. The van der Waals surface area contributed by atoms with E-state index >= 15 is 0 Å². The lowest BCUT2D eigenvalue weighted by molar-refractivity contribution is 1.62. The predicted octanol–water partition coefficient (Wildman–Crippen LogP) is 3.17. The Morgan fingerprint density at radius 1 is 1.18 bits per heavy atom. The van der Waals surface area contributed by atoms with Gasteiger partial charge in [0.2, 0.25) is 0 Å². The van der Waals surface area contributed by atoms with Crippen LogP contribution in [0.25, 0.3) is 0 Å². The van der Waals surface area contributed by atoms with E-state index in [0.29, 0.717) is 0 Å². The monoisotopic (exact) mass is 291 g/mol. The second-order valence-electron chi connectivity index (χ2n) is 2.60. The van der Waals surface area contributed by atoms with E-state index in [1.807, 2.05) is 0 Å². The molecule has 0 saturated carbocycles. The summed E-state index contributed by atoms with van der Waals surface area (Å²) >= 11 is 7.04. The molecule has 0 heterocycles. The predicted molar refractivity (Wildman–Crippen MR) is 59.0 cm³/mol. The molecule has 1 aromatic carbocycles. The number of hydrogen-bond acceptors (Lipinski definition) is 0. The van der Waals surface area contributed by atoms with Crippen LogP contribution in [0, 0.1) is 0 Å². The van der Waals surface area contributed by atoms with E-state index in [1.165, 1.54) is 9.66 Å². The Morgan fingerprint density at radius 2 is 1.82 bits per heavy atom. The largest absolute Gasteiger partial charge is 0.0807 e. The Morgan fingerprint density at radius 3 is 2.27 bits per heavy atom. The van der Waals surface area contributed by atoms with Crippen molar-refractivity contribution in [2.45, 2.75) is 13.1 Å². The molecule has 0 spiro atoms. The zero-order valence-electron chi connectivity index (χ0n) is 6.49. The van der Waals surface area contributed by atoms with Crippen LogP contribution in [0.5, 0.6) is 0 Å². The Bertz CT molecular complexity index is 258. The molecule has 1 rings (SSSR count). The van der Waals surface area contributed by atoms with Crippen LogP contribution < -0.4 is 5.19 Å². The van der Waals surface area contributed by atoms with Gasteiger partial charge in [-0.25, -0.2) is 0 Å². The van der Waals surface area contributed by atoms with Crippen LogP contribution >= 0.6 is 31.9 Å². The van der Waals surface area contributed by atoms with Crippen molar-refractivity contribution in [3.05, 3.63) is 27.1 Å². The quantitative estimate of drug-likeness (QED) is 0.698. The summed E-state index contributed by atoms with van der Waals surface area (Å²) in [6.07, 6.45) is 0. The molecular weight excluding hydrogens is 284 g/mol. The summed E-state index contributed by atoms with van der Waals surface area (Å²) in [5, 5.41) is 1.45.